The molecule has 2 amide bonds. The van der Waals surface area contributed by atoms with Crippen LogP contribution in [0.5, 0.6) is 0 Å². The summed E-state index contributed by atoms with van der Waals surface area (Å²) < 4.78 is 3.54. The van der Waals surface area contributed by atoms with Gasteiger partial charge in [-0.3, -0.25) is 5.32 Å². The maximum Gasteiger partial charge on any atom is 0.332 e. The van der Waals surface area contributed by atoms with Gasteiger partial charge in [-0.1, -0.05) is 4.49 Å². The Morgan fingerprint density at radius 3 is 2.88 bits per heavy atom. The van der Waals surface area contributed by atoms with E-state index in [2.05, 4.69) is 20.2 Å². The lowest BCUT2D eigenvalue weighted by molar-refractivity contribution is -0.146. The molecule has 1 rings (SSSR count). The van der Waals surface area contributed by atoms with Crippen LogP contribution in [0.15, 0.2) is 6.20 Å². The number of aliphatic hydroxyl groups excluding tert-OH is 1. The van der Waals surface area contributed by atoms with E-state index < -0.39 is 18.1 Å². The van der Waals surface area contributed by atoms with E-state index in [1.165, 1.54) is 6.20 Å². The summed E-state index contributed by atoms with van der Waals surface area (Å²) in [6.45, 7) is 0.0610. The van der Waals surface area contributed by atoms with Crippen LogP contribution >= 0.6 is 11.5 Å². The zero-order valence-electron chi connectivity index (χ0n) is 8.08. The van der Waals surface area contributed by atoms with E-state index in [1.807, 2.05) is 0 Å². The molecule has 0 fully saturated rings. The minimum atomic E-state index is -1.47. The van der Waals surface area contributed by atoms with Crippen molar-refractivity contribution in [3.05, 3.63) is 6.20 Å². The van der Waals surface area contributed by atoms with Crippen molar-refractivity contribution in [2.24, 2.45) is 0 Å². The van der Waals surface area contributed by atoms with Crippen molar-refractivity contribution < 1.29 is 19.8 Å². The van der Waals surface area contributed by atoms with E-state index in [1.54, 1.807) is 0 Å². The molecule has 0 aromatic carbocycles. The van der Waals surface area contributed by atoms with Crippen LogP contribution in [0.4, 0.5) is 9.80 Å². The molecule has 0 saturated heterocycles. The van der Waals surface area contributed by atoms with Crippen molar-refractivity contribution in [1.29, 1.82) is 0 Å². The summed E-state index contributed by atoms with van der Waals surface area (Å²) in [6, 6.07) is -0.497. The second kappa shape index (κ2) is 5.98. The van der Waals surface area contributed by atoms with Gasteiger partial charge in [-0.05, 0) is 0 Å². The minimum absolute atomic E-state index is 0.0519. The Bertz CT molecular complexity index is 355. The highest BCUT2D eigenvalue weighted by Crippen LogP contribution is 2.08. The third-order valence-corrected chi connectivity index (χ3v) is 2.17. The van der Waals surface area contributed by atoms with E-state index in [0.717, 1.165) is 11.5 Å². The Kier molecular flexibility index (Phi) is 4.61. The van der Waals surface area contributed by atoms with Crippen molar-refractivity contribution in [2.45, 2.75) is 12.5 Å². The molecule has 4 N–H and O–H groups in total. The molecule has 88 valence electrons. The molecule has 9 heteroatoms. The molecule has 0 aliphatic heterocycles. The van der Waals surface area contributed by atoms with E-state index in [4.69, 9.17) is 10.2 Å². The van der Waals surface area contributed by atoms with E-state index in [9.17, 15) is 9.59 Å². The molecular weight excluding hydrogens is 236 g/mol. The number of carboxylic acids is 1. The molecule has 16 heavy (non-hydrogen) atoms. The average molecular weight is 246 g/mol. The van der Waals surface area contributed by atoms with Crippen LogP contribution in [0, 0.1) is 0 Å². The predicted molar refractivity (Wildman–Crippen MR) is 55.2 cm³/mol. The van der Waals surface area contributed by atoms with Crippen molar-refractivity contribution in [1.82, 2.24) is 14.9 Å². The molecular formula is C7H10N4O4S. The number of nitrogens with one attached hydrogen (secondary N) is 2. The van der Waals surface area contributed by atoms with Crippen LogP contribution < -0.4 is 10.6 Å². The first-order valence-electron chi connectivity index (χ1n) is 4.32. The number of anilines is 1. The summed E-state index contributed by atoms with van der Waals surface area (Å²) in [5.41, 5.74) is 0. The smallest absolute Gasteiger partial charge is 0.332 e. The Morgan fingerprint density at radius 1 is 1.56 bits per heavy atom. The SMILES string of the molecule is O=C(NCCC(O)C(=O)O)Nc1cnns1. The molecule has 8 nitrogen and oxygen atoms in total. The number of carbonyl (C=O) groups excluding carboxylic acids is 1. The molecule has 0 spiro atoms. The van der Waals surface area contributed by atoms with Crippen LogP contribution in [-0.2, 0) is 4.79 Å². The normalized spacial score (nSPS) is 11.8. The van der Waals surface area contributed by atoms with Gasteiger partial charge in [0.1, 0.15) is 5.00 Å². The van der Waals surface area contributed by atoms with Crippen LogP contribution in [-0.4, -0.2) is 44.4 Å². The number of urea groups is 1. The second-order valence-electron chi connectivity index (χ2n) is 2.81. The first kappa shape index (κ1) is 12.3. The van der Waals surface area contributed by atoms with Crippen LogP contribution in [0.3, 0.4) is 0 Å². The fraction of sp³-hybridized carbons (Fsp3) is 0.429. The van der Waals surface area contributed by atoms with Gasteiger partial charge in [0, 0.05) is 24.5 Å². The summed E-state index contributed by atoms with van der Waals surface area (Å²) in [5.74, 6) is -1.31. The topological polar surface area (TPSA) is 124 Å². The highest BCUT2D eigenvalue weighted by Gasteiger charge is 2.12. The molecule has 1 aromatic rings. The van der Waals surface area contributed by atoms with Gasteiger partial charge < -0.3 is 15.5 Å². The van der Waals surface area contributed by atoms with Crippen LogP contribution in [0.2, 0.25) is 0 Å². The second-order valence-corrected chi connectivity index (χ2v) is 3.59. The molecule has 0 bridgehead atoms. The Labute approximate surface area is 94.5 Å². The summed E-state index contributed by atoms with van der Waals surface area (Å²) >= 11 is 1.02. The molecule has 0 saturated carbocycles. The zero-order valence-corrected chi connectivity index (χ0v) is 8.90. The fourth-order valence-corrected chi connectivity index (χ4v) is 1.24. The molecule has 1 heterocycles. The van der Waals surface area contributed by atoms with Gasteiger partial charge in [-0.2, -0.15) is 0 Å². The molecule has 0 aliphatic carbocycles. The number of hydrogen-bond donors (Lipinski definition) is 4. The van der Waals surface area contributed by atoms with Crippen molar-refractivity contribution in [3.63, 3.8) is 0 Å². The number of rotatable bonds is 5. The third kappa shape index (κ3) is 4.19. The molecule has 1 atom stereocenters. The van der Waals surface area contributed by atoms with Gasteiger partial charge >= 0.3 is 12.0 Å². The van der Waals surface area contributed by atoms with Gasteiger partial charge in [0.2, 0.25) is 0 Å². The number of aliphatic hydroxyl groups is 1. The number of hydrogen-bond acceptors (Lipinski definition) is 6. The summed E-state index contributed by atoms with van der Waals surface area (Å²) in [5, 5.41) is 26.1. The minimum Gasteiger partial charge on any atom is -0.479 e. The average Bonchev–Trinajstić information content (AvgIpc) is 2.70. The first-order chi connectivity index (χ1) is 7.59. The largest absolute Gasteiger partial charge is 0.479 e. The highest BCUT2D eigenvalue weighted by atomic mass is 32.1. The Morgan fingerprint density at radius 2 is 2.31 bits per heavy atom. The summed E-state index contributed by atoms with van der Waals surface area (Å²) in [6.07, 6.45) is -0.134. The molecule has 1 aromatic heterocycles. The van der Waals surface area contributed by atoms with Gasteiger partial charge in [0.05, 0.1) is 6.20 Å². The number of nitrogens with zero attached hydrogens (tertiary/aromatic N) is 2. The number of aliphatic carboxylic acids is 1. The summed E-state index contributed by atoms with van der Waals surface area (Å²) in [4.78, 5) is 21.4. The molecule has 1 unspecified atom stereocenters. The van der Waals surface area contributed by atoms with E-state index >= 15 is 0 Å². The van der Waals surface area contributed by atoms with Crippen LogP contribution in [0.1, 0.15) is 6.42 Å². The van der Waals surface area contributed by atoms with Crippen molar-refractivity contribution >= 4 is 28.5 Å². The Hall–Kier alpha value is -1.74. The predicted octanol–water partition coefficient (Wildman–Crippen LogP) is -0.505. The number of amides is 2. The van der Waals surface area contributed by atoms with E-state index in [-0.39, 0.29) is 13.0 Å². The van der Waals surface area contributed by atoms with Gasteiger partial charge in [0.25, 0.3) is 0 Å². The quantitative estimate of drug-likeness (QED) is 0.555. The highest BCUT2D eigenvalue weighted by molar-refractivity contribution is 7.10. The Balaban J connectivity index is 2.18. The van der Waals surface area contributed by atoms with Crippen LogP contribution in [0.25, 0.3) is 0 Å². The first-order valence-corrected chi connectivity index (χ1v) is 5.10. The third-order valence-electron chi connectivity index (χ3n) is 1.59. The van der Waals surface area contributed by atoms with Gasteiger partial charge in [-0.25, -0.2) is 9.59 Å². The lowest BCUT2D eigenvalue weighted by Crippen LogP contribution is -2.32. The van der Waals surface area contributed by atoms with E-state index in [0.29, 0.717) is 5.00 Å². The molecule has 0 radical (unpaired) electrons. The zero-order chi connectivity index (χ0) is 12.0. The lowest BCUT2D eigenvalue weighted by Gasteiger charge is -2.07. The molecule has 0 aliphatic rings. The number of carboxylic acid groups (broad SMARTS) is 1. The fourth-order valence-electron chi connectivity index (χ4n) is 0.824. The monoisotopic (exact) mass is 246 g/mol. The summed E-state index contributed by atoms with van der Waals surface area (Å²) in [7, 11) is 0. The maximum absolute atomic E-state index is 11.2. The van der Waals surface area contributed by atoms with Gasteiger partial charge in [0.15, 0.2) is 6.10 Å². The number of carbonyl (C=O) groups is 2. The lowest BCUT2D eigenvalue weighted by atomic mass is 10.2. The maximum atomic E-state index is 11.2. The van der Waals surface area contributed by atoms with Crippen molar-refractivity contribution in [3.8, 4) is 0 Å². The standard InChI is InChI=1S/C7H10N4O4S/c12-4(6(13)14)1-2-8-7(15)10-5-3-9-11-16-5/h3-4,12H,1-2H2,(H,13,14)(H2,8,10,15). The van der Waals surface area contributed by atoms with Crippen molar-refractivity contribution in [2.75, 3.05) is 11.9 Å². The number of aromatic nitrogens is 2. The van der Waals surface area contributed by atoms with Gasteiger partial charge in [-0.15, -0.1) is 5.10 Å².